The Hall–Kier alpha value is -3.66. The molecule has 1 N–H and O–H groups in total. The molecule has 0 aliphatic carbocycles. The van der Waals surface area contributed by atoms with E-state index in [0.717, 1.165) is 10.5 Å². The number of hydrogen-bond acceptors (Lipinski definition) is 7. The summed E-state index contributed by atoms with van der Waals surface area (Å²) in [7, 11) is -0.299. The Bertz CT molecular complexity index is 1210. The summed E-state index contributed by atoms with van der Waals surface area (Å²) >= 11 is 0. The molecule has 30 heavy (non-hydrogen) atoms. The van der Waals surface area contributed by atoms with Crippen LogP contribution in [0.25, 0.3) is 5.69 Å². The van der Waals surface area contributed by atoms with Gasteiger partial charge in [-0.05, 0) is 12.1 Å². The molecule has 0 spiro atoms. The third kappa shape index (κ3) is 3.90. The van der Waals surface area contributed by atoms with E-state index in [2.05, 4.69) is 11.9 Å². The molecule has 2 heterocycles. The fourth-order valence-corrected chi connectivity index (χ4v) is 4.17. The smallest absolute Gasteiger partial charge is 0.243 e. The summed E-state index contributed by atoms with van der Waals surface area (Å²) < 4.78 is 28.3. The normalized spacial score (nSPS) is 13.0. The van der Waals surface area contributed by atoms with Gasteiger partial charge in [-0.2, -0.15) is 0 Å². The number of ketones is 1. The van der Waals surface area contributed by atoms with Gasteiger partial charge in [0.05, 0.1) is 28.5 Å². The van der Waals surface area contributed by atoms with Crippen LogP contribution in [-0.4, -0.2) is 44.9 Å². The number of nitrogens with zero attached hydrogens (tertiary/aromatic N) is 3. The fraction of sp³-hybridized carbons (Fsp3) is 0.150. The Morgan fingerprint density at radius 2 is 1.87 bits per heavy atom. The summed E-state index contributed by atoms with van der Waals surface area (Å²) in [5.41, 5.74) is 1.57. The van der Waals surface area contributed by atoms with Gasteiger partial charge in [-0.1, -0.05) is 6.08 Å². The van der Waals surface area contributed by atoms with Crippen LogP contribution in [0.2, 0.25) is 0 Å². The lowest BCUT2D eigenvalue weighted by Crippen LogP contribution is -2.33. The Morgan fingerprint density at radius 1 is 1.20 bits per heavy atom. The highest BCUT2D eigenvalue weighted by Crippen LogP contribution is 2.40. The maximum Gasteiger partial charge on any atom is 0.243 e. The fourth-order valence-electron chi connectivity index (χ4n) is 3.00. The molecule has 2 aromatic rings. The first-order valence-corrected chi connectivity index (χ1v) is 10.4. The molecule has 1 aliphatic heterocycles. The average molecular weight is 428 g/mol. The third-order valence-corrected chi connectivity index (χ3v) is 5.96. The standard InChI is InChI=1S/C20H20N4O5S/c1-4-9-30(28,29)24-12-16(20(27)13-25)21-15-10-18(22(2)3)19(11-17(15)24)23-7-5-14(26)6-8-23/h4-8,10-13,21H,1,9H2,2-3H3. The summed E-state index contributed by atoms with van der Waals surface area (Å²) in [6, 6.07) is 6.08. The van der Waals surface area contributed by atoms with Crippen LogP contribution in [-0.2, 0) is 19.6 Å². The largest absolute Gasteiger partial charge is 0.376 e. The molecule has 156 valence electrons. The summed E-state index contributed by atoms with van der Waals surface area (Å²) in [6.07, 6.45) is 5.59. The summed E-state index contributed by atoms with van der Waals surface area (Å²) in [5.74, 6) is -1.25. The molecule has 0 fully saturated rings. The van der Waals surface area contributed by atoms with Crippen LogP contribution < -0.4 is 20.0 Å². The van der Waals surface area contributed by atoms with E-state index in [9.17, 15) is 22.8 Å². The van der Waals surface area contributed by atoms with Crippen molar-refractivity contribution < 1.29 is 18.0 Å². The maximum absolute atomic E-state index is 12.8. The van der Waals surface area contributed by atoms with E-state index in [-0.39, 0.29) is 28.9 Å². The molecule has 0 amide bonds. The molecule has 0 saturated carbocycles. The quantitative estimate of drug-likeness (QED) is 0.402. The second-order valence-corrected chi connectivity index (χ2v) is 8.60. The minimum atomic E-state index is -3.90. The van der Waals surface area contributed by atoms with E-state index in [1.54, 1.807) is 48.1 Å². The number of aldehydes is 1. The number of Topliss-reactive ketones (excluding diaryl/α,β-unsaturated/α-hetero) is 1. The summed E-state index contributed by atoms with van der Waals surface area (Å²) in [6.45, 7) is 3.47. The highest BCUT2D eigenvalue weighted by molar-refractivity contribution is 7.93. The predicted octanol–water partition coefficient (Wildman–Crippen LogP) is 1.26. The number of hydrogen-bond donors (Lipinski definition) is 1. The molecule has 0 saturated heterocycles. The average Bonchev–Trinajstić information content (AvgIpc) is 2.71. The number of allylic oxidation sites excluding steroid dienone is 1. The molecule has 10 heteroatoms. The molecule has 0 radical (unpaired) electrons. The third-order valence-electron chi connectivity index (χ3n) is 4.41. The molecular weight excluding hydrogens is 408 g/mol. The van der Waals surface area contributed by atoms with Crippen molar-refractivity contribution in [2.75, 3.05) is 34.4 Å². The Balaban J connectivity index is 2.29. The highest BCUT2D eigenvalue weighted by atomic mass is 32.2. The minimum absolute atomic E-state index is 0.115. The van der Waals surface area contributed by atoms with Crippen molar-refractivity contribution in [2.45, 2.75) is 0 Å². The number of nitrogens with one attached hydrogen (secondary N) is 1. The number of rotatable bonds is 7. The molecular formula is C20H20N4O5S. The number of sulfonamides is 1. The van der Waals surface area contributed by atoms with E-state index in [4.69, 9.17) is 0 Å². The second kappa shape index (κ2) is 7.99. The molecule has 0 unspecified atom stereocenters. The van der Waals surface area contributed by atoms with Crippen LogP contribution in [0, 0.1) is 0 Å². The Kier molecular flexibility index (Phi) is 5.61. The van der Waals surface area contributed by atoms with Gasteiger partial charge >= 0.3 is 0 Å². The van der Waals surface area contributed by atoms with Crippen LogP contribution in [0.3, 0.4) is 0 Å². The molecule has 1 aliphatic rings. The van der Waals surface area contributed by atoms with Gasteiger partial charge in [0.25, 0.3) is 0 Å². The van der Waals surface area contributed by atoms with Crippen molar-refractivity contribution in [3.63, 3.8) is 0 Å². The zero-order chi connectivity index (χ0) is 22.1. The topological polar surface area (TPSA) is 109 Å². The van der Waals surface area contributed by atoms with Crippen molar-refractivity contribution in [1.82, 2.24) is 4.57 Å². The number of carbonyl (C=O) groups is 2. The van der Waals surface area contributed by atoms with Crippen LogP contribution in [0.1, 0.15) is 0 Å². The van der Waals surface area contributed by atoms with E-state index in [1.165, 1.54) is 18.2 Å². The van der Waals surface area contributed by atoms with Crippen LogP contribution in [0.15, 0.2) is 66.0 Å². The molecule has 3 rings (SSSR count). The van der Waals surface area contributed by atoms with E-state index in [1.807, 2.05) is 0 Å². The predicted molar refractivity (Wildman–Crippen MR) is 116 cm³/mol. The number of aromatic nitrogens is 1. The van der Waals surface area contributed by atoms with Gasteiger partial charge in [0.15, 0.2) is 11.7 Å². The lowest BCUT2D eigenvalue weighted by atomic mass is 10.1. The van der Waals surface area contributed by atoms with Crippen LogP contribution >= 0.6 is 0 Å². The van der Waals surface area contributed by atoms with E-state index >= 15 is 0 Å². The van der Waals surface area contributed by atoms with Gasteiger partial charge in [0.1, 0.15) is 5.70 Å². The first kappa shape index (κ1) is 21.1. The molecule has 0 atom stereocenters. The lowest BCUT2D eigenvalue weighted by molar-refractivity contribution is -0.127. The van der Waals surface area contributed by atoms with Crippen molar-refractivity contribution in [3.05, 3.63) is 71.4 Å². The zero-order valence-corrected chi connectivity index (χ0v) is 17.2. The van der Waals surface area contributed by atoms with Crippen molar-refractivity contribution in [3.8, 4) is 5.69 Å². The Morgan fingerprint density at radius 3 is 2.43 bits per heavy atom. The van der Waals surface area contributed by atoms with Gasteiger partial charge < -0.3 is 14.8 Å². The van der Waals surface area contributed by atoms with Crippen molar-refractivity contribution in [2.24, 2.45) is 0 Å². The zero-order valence-electron chi connectivity index (χ0n) is 16.4. The van der Waals surface area contributed by atoms with Gasteiger partial charge in [-0.3, -0.25) is 14.4 Å². The maximum atomic E-state index is 12.8. The molecule has 1 aromatic carbocycles. The van der Waals surface area contributed by atoms with Gasteiger partial charge in [-0.25, -0.2) is 12.7 Å². The van der Waals surface area contributed by atoms with Crippen LogP contribution in [0.5, 0.6) is 0 Å². The van der Waals surface area contributed by atoms with Crippen LogP contribution in [0.4, 0.5) is 17.1 Å². The lowest BCUT2D eigenvalue weighted by Gasteiger charge is -2.31. The van der Waals surface area contributed by atoms with E-state index < -0.39 is 15.8 Å². The minimum Gasteiger partial charge on any atom is -0.376 e. The molecule has 9 nitrogen and oxygen atoms in total. The number of pyridine rings is 1. The number of carbonyl (C=O) groups excluding carboxylic acids is 2. The second-order valence-electron chi connectivity index (χ2n) is 6.71. The van der Waals surface area contributed by atoms with Gasteiger partial charge in [0.2, 0.25) is 15.8 Å². The highest BCUT2D eigenvalue weighted by Gasteiger charge is 2.30. The van der Waals surface area contributed by atoms with Crippen molar-refractivity contribution in [1.29, 1.82) is 0 Å². The monoisotopic (exact) mass is 428 g/mol. The number of anilines is 3. The summed E-state index contributed by atoms with van der Waals surface area (Å²) in [4.78, 5) is 36.2. The number of benzene rings is 1. The molecule has 0 bridgehead atoms. The first-order valence-electron chi connectivity index (χ1n) is 8.83. The molecule has 1 aromatic heterocycles. The SMILES string of the molecule is C=CCS(=O)(=O)N1C=C(C(=O)C=O)Nc2cc(N(C)C)c(-n3ccc(=O)cc3)cc21. The first-order chi connectivity index (χ1) is 14.2. The van der Waals surface area contributed by atoms with Gasteiger partial charge in [-0.15, -0.1) is 6.58 Å². The van der Waals surface area contributed by atoms with Crippen molar-refractivity contribution >= 4 is 39.2 Å². The van der Waals surface area contributed by atoms with E-state index in [0.29, 0.717) is 17.1 Å². The summed E-state index contributed by atoms with van der Waals surface area (Å²) in [5, 5.41) is 2.84. The number of fused-ring (bicyclic) bond motifs is 1. The Labute approximate surface area is 173 Å². The van der Waals surface area contributed by atoms with Gasteiger partial charge in [0, 0.05) is 44.8 Å².